The number of nitrogens with zero attached hydrogens (tertiary/aromatic N) is 2. The molecule has 1 amide bonds. The van der Waals surface area contributed by atoms with E-state index in [1.54, 1.807) is 42.5 Å². The molecule has 5 nitrogen and oxygen atoms in total. The zero-order valence-electron chi connectivity index (χ0n) is 15.2. The van der Waals surface area contributed by atoms with Gasteiger partial charge in [-0.05, 0) is 36.2 Å². The molecule has 1 aromatic heterocycles. The molecule has 0 aliphatic carbocycles. The third-order valence-electron chi connectivity index (χ3n) is 4.62. The summed E-state index contributed by atoms with van der Waals surface area (Å²) in [6, 6.07) is 24.2. The molecule has 1 N–H and O–H groups in total. The number of carbonyl (C=O) groups is 1. The lowest BCUT2D eigenvalue weighted by atomic mass is 10.1. The molecular formula is C23H19N3O2. The van der Waals surface area contributed by atoms with E-state index < -0.39 is 0 Å². The van der Waals surface area contributed by atoms with Gasteiger partial charge in [0.25, 0.3) is 11.5 Å². The van der Waals surface area contributed by atoms with E-state index >= 15 is 0 Å². The highest BCUT2D eigenvalue weighted by Crippen LogP contribution is 2.14. The Labute approximate surface area is 162 Å². The summed E-state index contributed by atoms with van der Waals surface area (Å²) in [5, 5.41) is 3.46. The van der Waals surface area contributed by atoms with Crippen LogP contribution in [0.5, 0.6) is 0 Å². The lowest BCUT2D eigenvalue weighted by Gasteiger charge is -2.12. The maximum absolute atomic E-state index is 12.9. The molecule has 28 heavy (non-hydrogen) atoms. The van der Waals surface area contributed by atoms with E-state index in [-0.39, 0.29) is 11.5 Å². The molecule has 0 fully saturated rings. The average molecular weight is 369 g/mol. The zero-order valence-corrected chi connectivity index (χ0v) is 15.2. The van der Waals surface area contributed by atoms with Crippen LogP contribution in [-0.2, 0) is 6.42 Å². The first-order chi connectivity index (χ1) is 13.7. The van der Waals surface area contributed by atoms with E-state index in [0.29, 0.717) is 28.7 Å². The first-order valence-electron chi connectivity index (χ1n) is 9.12. The molecule has 4 rings (SSSR count). The molecule has 138 valence electrons. The van der Waals surface area contributed by atoms with Gasteiger partial charge in [0.15, 0.2) is 0 Å². The van der Waals surface area contributed by atoms with Gasteiger partial charge in [-0.2, -0.15) is 0 Å². The van der Waals surface area contributed by atoms with Crippen molar-refractivity contribution in [2.75, 3.05) is 6.54 Å². The highest BCUT2D eigenvalue weighted by molar-refractivity contribution is 5.97. The molecule has 3 aromatic carbocycles. The van der Waals surface area contributed by atoms with E-state index in [4.69, 9.17) is 0 Å². The molecular weight excluding hydrogens is 350 g/mol. The first kappa shape index (κ1) is 17.7. The van der Waals surface area contributed by atoms with Gasteiger partial charge in [-0.3, -0.25) is 14.2 Å². The van der Waals surface area contributed by atoms with Crippen molar-refractivity contribution >= 4 is 16.8 Å². The Hall–Kier alpha value is -3.73. The van der Waals surface area contributed by atoms with Crippen LogP contribution in [0.1, 0.15) is 15.9 Å². The molecule has 5 heteroatoms. The van der Waals surface area contributed by atoms with Crippen LogP contribution in [0.3, 0.4) is 0 Å². The van der Waals surface area contributed by atoms with E-state index in [9.17, 15) is 9.59 Å². The van der Waals surface area contributed by atoms with Crippen molar-refractivity contribution in [3.8, 4) is 5.69 Å². The number of nitrogens with one attached hydrogen (secondary N) is 1. The number of amides is 1. The Morgan fingerprint density at radius 2 is 1.61 bits per heavy atom. The second-order valence-corrected chi connectivity index (χ2v) is 6.45. The van der Waals surface area contributed by atoms with Crippen LogP contribution in [0.25, 0.3) is 16.6 Å². The van der Waals surface area contributed by atoms with Gasteiger partial charge in [0.2, 0.25) is 0 Å². The minimum absolute atomic E-state index is 0.199. The molecule has 0 saturated carbocycles. The summed E-state index contributed by atoms with van der Waals surface area (Å²) in [7, 11) is 0. The third-order valence-corrected chi connectivity index (χ3v) is 4.62. The van der Waals surface area contributed by atoms with E-state index in [1.165, 1.54) is 10.9 Å². The number of benzene rings is 3. The molecule has 1 heterocycles. The van der Waals surface area contributed by atoms with Crippen LogP contribution in [0.2, 0.25) is 0 Å². The Morgan fingerprint density at radius 1 is 0.893 bits per heavy atom. The lowest BCUT2D eigenvalue weighted by molar-refractivity contribution is 0.0954. The highest BCUT2D eigenvalue weighted by Gasteiger charge is 2.14. The maximum Gasteiger partial charge on any atom is 0.265 e. The second-order valence-electron chi connectivity index (χ2n) is 6.45. The summed E-state index contributed by atoms with van der Waals surface area (Å²) in [6.07, 6.45) is 2.22. The number of fused-ring (bicyclic) bond motifs is 1. The number of aromatic nitrogens is 2. The Balaban J connectivity index is 1.61. The van der Waals surface area contributed by atoms with E-state index in [2.05, 4.69) is 10.3 Å². The summed E-state index contributed by atoms with van der Waals surface area (Å²) in [5.74, 6) is -0.216. The van der Waals surface area contributed by atoms with Gasteiger partial charge >= 0.3 is 0 Å². The first-order valence-corrected chi connectivity index (χ1v) is 9.12. The van der Waals surface area contributed by atoms with Crippen LogP contribution < -0.4 is 10.9 Å². The summed E-state index contributed by atoms with van der Waals surface area (Å²) in [6.45, 7) is 0.516. The standard InChI is InChI=1S/C23H19N3O2/c27-22(24-15-14-17-8-2-1-3-9-17)19-11-5-7-13-21(19)26-16-25-20-12-6-4-10-18(20)23(26)28/h1-13,16H,14-15H2,(H,24,27). The number of hydrogen-bond donors (Lipinski definition) is 1. The van der Waals surface area contributed by atoms with Gasteiger partial charge in [0, 0.05) is 6.54 Å². The SMILES string of the molecule is O=C(NCCc1ccccc1)c1ccccc1-n1cnc2ccccc2c1=O. The number of carbonyl (C=O) groups excluding carboxylic acids is 1. The number of hydrogen-bond acceptors (Lipinski definition) is 3. The van der Waals surface area contributed by atoms with Crippen molar-refractivity contribution in [1.29, 1.82) is 0 Å². The molecule has 0 unspecified atom stereocenters. The highest BCUT2D eigenvalue weighted by atomic mass is 16.2. The molecule has 0 aliphatic heterocycles. The fourth-order valence-electron chi connectivity index (χ4n) is 3.18. The van der Waals surface area contributed by atoms with Gasteiger partial charge in [0.05, 0.1) is 22.2 Å². The van der Waals surface area contributed by atoms with Gasteiger partial charge in [-0.1, -0.05) is 54.6 Å². The van der Waals surface area contributed by atoms with Crippen LogP contribution in [0, 0.1) is 0 Å². The van der Waals surface area contributed by atoms with Crippen molar-refractivity contribution in [3.63, 3.8) is 0 Å². The summed E-state index contributed by atoms with van der Waals surface area (Å²) in [4.78, 5) is 30.0. The van der Waals surface area contributed by atoms with Gasteiger partial charge in [-0.25, -0.2) is 4.98 Å². The van der Waals surface area contributed by atoms with Crippen molar-refractivity contribution in [1.82, 2.24) is 14.9 Å². The molecule has 0 atom stereocenters. The normalized spacial score (nSPS) is 10.7. The van der Waals surface area contributed by atoms with Crippen LogP contribution >= 0.6 is 0 Å². The Morgan fingerprint density at radius 3 is 2.46 bits per heavy atom. The van der Waals surface area contributed by atoms with Gasteiger partial charge < -0.3 is 5.32 Å². The maximum atomic E-state index is 12.9. The monoisotopic (exact) mass is 369 g/mol. The number of para-hydroxylation sites is 2. The van der Waals surface area contributed by atoms with Gasteiger partial charge in [-0.15, -0.1) is 0 Å². The largest absolute Gasteiger partial charge is 0.352 e. The zero-order chi connectivity index (χ0) is 19.3. The number of rotatable bonds is 5. The minimum Gasteiger partial charge on any atom is -0.352 e. The molecule has 0 spiro atoms. The molecule has 0 bridgehead atoms. The quantitative estimate of drug-likeness (QED) is 0.587. The molecule has 0 aliphatic rings. The average Bonchev–Trinajstić information content (AvgIpc) is 2.75. The third kappa shape index (κ3) is 3.55. The van der Waals surface area contributed by atoms with Crippen LogP contribution in [-0.4, -0.2) is 22.0 Å². The predicted octanol–water partition coefficient (Wildman–Crippen LogP) is 3.36. The second kappa shape index (κ2) is 7.88. The molecule has 4 aromatic rings. The van der Waals surface area contributed by atoms with Gasteiger partial charge in [0.1, 0.15) is 6.33 Å². The fourth-order valence-corrected chi connectivity index (χ4v) is 3.18. The van der Waals surface area contributed by atoms with Crippen molar-refractivity contribution in [3.05, 3.63) is 107 Å². The Kier molecular flexibility index (Phi) is 4.97. The lowest BCUT2D eigenvalue weighted by Crippen LogP contribution is -2.28. The van der Waals surface area contributed by atoms with E-state index in [1.807, 2.05) is 36.4 Å². The fraction of sp³-hybridized carbons (Fsp3) is 0.0870. The summed E-state index contributed by atoms with van der Waals surface area (Å²) in [5.41, 5.74) is 2.55. The Bertz CT molecular complexity index is 1180. The van der Waals surface area contributed by atoms with E-state index in [0.717, 1.165) is 12.0 Å². The topological polar surface area (TPSA) is 64.0 Å². The van der Waals surface area contributed by atoms with Crippen LogP contribution in [0.4, 0.5) is 0 Å². The molecule has 0 radical (unpaired) electrons. The summed E-state index contributed by atoms with van der Waals surface area (Å²) >= 11 is 0. The smallest absolute Gasteiger partial charge is 0.265 e. The van der Waals surface area contributed by atoms with Crippen molar-refractivity contribution < 1.29 is 4.79 Å². The minimum atomic E-state index is -0.216. The van der Waals surface area contributed by atoms with Crippen molar-refractivity contribution in [2.45, 2.75) is 6.42 Å². The summed E-state index contributed by atoms with van der Waals surface area (Å²) < 4.78 is 1.43. The van der Waals surface area contributed by atoms with Crippen molar-refractivity contribution in [2.24, 2.45) is 0 Å². The predicted molar refractivity (Wildman–Crippen MR) is 110 cm³/mol. The van der Waals surface area contributed by atoms with Crippen LogP contribution in [0.15, 0.2) is 90.0 Å². The molecule has 0 saturated heterocycles.